The minimum absolute atomic E-state index is 0.484. The van der Waals surface area contributed by atoms with Crippen molar-refractivity contribution in [1.29, 1.82) is 0 Å². The molecular weight excluding hydrogens is 286 g/mol. The Morgan fingerprint density at radius 2 is 1.62 bits per heavy atom. The van der Waals surface area contributed by atoms with E-state index in [0.29, 0.717) is 10.8 Å². The third kappa shape index (κ3) is 3.76. The molecule has 2 aromatic carbocycles. The zero-order valence-electron chi connectivity index (χ0n) is 12.6. The van der Waals surface area contributed by atoms with Crippen molar-refractivity contribution in [3.8, 4) is 5.75 Å². The summed E-state index contributed by atoms with van der Waals surface area (Å²) in [6.07, 6.45) is -0.509. The Hall–Kier alpha value is -2.00. The highest BCUT2D eigenvalue weighted by Gasteiger charge is 2.10. The number of ether oxygens (including phenoxy) is 1. The molecule has 2 rings (SSSR count). The van der Waals surface area contributed by atoms with Gasteiger partial charge in [0.25, 0.3) is 0 Å². The van der Waals surface area contributed by atoms with E-state index in [2.05, 4.69) is 5.32 Å². The maximum Gasteiger partial charge on any atom is 0.417 e. The zero-order chi connectivity index (χ0) is 15.6. The average molecular weight is 304 g/mol. The lowest BCUT2D eigenvalue weighted by Crippen LogP contribution is -2.17. The molecule has 0 atom stereocenters. The predicted molar refractivity (Wildman–Crippen MR) is 86.5 cm³/mol. The van der Waals surface area contributed by atoms with E-state index in [1.54, 1.807) is 12.1 Å². The monoisotopic (exact) mass is 303 g/mol. The van der Waals surface area contributed by atoms with Crippen LogP contribution in [0.1, 0.15) is 22.3 Å². The Kier molecular flexibility index (Phi) is 4.53. The standard InChI is InChI=1S/C17H18ClNO2/c1-10-5-6-11(2)15(7-10)19-17(20)21-14-8-12(3)16(18)13(4)9-14/h5-9H,1-4H3,(H,19,20). The molecule has 1 amide bonds. The number of aryl methyl sites for hydroxylation is 4. The summed E-state index contributed by atoms with van der Waals surface area (Å²) in [4.78, 5) is 12.0. The van der Waals surface area contributed by atoms with Crippen molar-refractivity contribution in [3.63, 3.8) is 0 Å². The molecule has 0 heterocycles. The molecule has 0 spiro atoms. The molecule has 0 radical (unpaired) electrons. The van der Waals surface area contributed by atoms with Gasteiger partial charge in [0.1, 0.15) is 5.75 Å². The summed E-state index contributed by atoms with van der Waals surface area (Å²) in [6.45, 7) is 7.67. The molecule has 2 aromatic rings. The van der Waals surface area contributed by atoms with Crippen molar-refractivity contribution in [2.24, 2.45) is 0 Å². The first-order valence-electron chi connectivity index (χ1n) is 6.69. The number of amides is 1. The molecule has 0 saturated carbocycles. The van der Waals surface area contributed by atoms with Crippen LogP contribution in [-0.4, -0.2) is 6.09 Å². The van der Waals surface area contributed by atoms with Gasteiger partial charge in [-0.15, -0.1) is 0 Å². The number of carbonyl (C=O) groups is 1. The minimum atomic E-state index is -0.509. The lowest BCUT2D eigenvalue weighted by Gasteiger charge is -2.11. The van der Waals surface area contributed by atoms with Crippen LogP contribution < -0.4 is 10.1 Å². The van der Waals surface area contributed by atoms with Crippen LogP contribution in [0.4, 0.5) is 10.5 Å². The van der Waals surface area contributed by atoms with Gasteiger partial charge >= 0.3 is 6.09 Å². The summed E-state index contributed by atoms with van der Waals surface area (Å²) in [5.74, 6) is 0.484. The molecule has 3 nitrogen and oxygen atoms in total. The van der Waals surface area contributed by atoms with Crippen LogP contribution in [0.3, 0.4) is 0 Å². The maximum absolute atomic E-state index is 12.0. The Labute approximate surface area is 129 Å². The highest BCUT2D eigenvalue weighted by molar-refractivity contribution is 6.32. The van der Waals surface area contributed by atoms with Crippen molar-refractivity contribution in [2.45, 2.75) is 27.7 Å². The molecule has 110 valence electrons. The number of nitrogens with one attached hydrogen (secondary N) is 1. The van der Waals surface area contributed by atoms with Gasteiger partial charge in [-0.2, -0.15) is 0 Å². The topological polar surface area (TPSA) is 38.3 Å². The van der Waals surface area contributed by atoms with Crippen LogP contribution in [0.2, 0.25) is 5.02 Å². The number of halogens is 1. The van der Waals surface area contributed by atoms with Crippen molar-refractivity contribution >= 4 is 23.4 Å². The number of carbonyl (C=O) groups excluding carboxylic acids is 1. The number of hydrogen-bond acceptors (Lipinski definition) is 2. The number of hydrogen-bond donors (Lipinski definition) is 1. The van der Waals surface area contributed by atoms with E-state index in [1.807, 2.05) is 45.9 Å². The second-order valence-corrected chi connectivity index (χ2v) is 5.58. The number of rotatable bonds is 2. The van der Waals surface area contributed by atoms with Crippen LogP contribution >= 0.6 is 11.6 Å². The van der Waals surface area contributed by atoms with E-state index in [9.17, 15) is 4.79 Å². The van der Waals surface area contributed by atoms with Crippen molar-refractivity contribution in [2.75, 3.05) is 5.32 Å². The van der Waals surface area contributed by atoms with Crippen molar-refractivity contribution in [3.05, 3.63) is 57.6 Å². The second-order valence-electron chi connectivity index (χ2n) is 5.20. The summed E-state index contributed by atoms with van der Waals surface area (Å²) in [5.41, 5.74) is 4.58. The lowest BCUT2D eigenvalue weighted by atomic mass is 10.1. The molecule has 0 aliphatic heterocycles. The van der Waals surface area contributed by atoms with Crippen LogP contribution in [0.5, 0.6) is 5.75 Å². The van der Waals surface area contributed by atoms with Crippen molar-refractivity contribution < 1.29 is 9.53 Å². The number of anilines is 1. The third-order valence-corrected chi connectivity index (χ3v) is 3.85. The Bertz CT molecular complexity index is 672. The molecule has 21 heavy (non-hydrogen) atoms. The van der Waals surface area contributed by atoms with E-state index in [0.717, 1.165) is 27.9 Å². The molecule has 0 aliphatic carbocycles. The first-order valence-corrected chi connectivity index (χ1v) is 7.07. The van der Waals surface area contributed by atoms with Gasteiger partial charge < -0.3 is 4.74 Å². The van der Waals surface area contributed by atoms with Gasteiger partial charge in [-0.05, 0) is 68.1 Å². The Morgan fingerprint density at radius 1 is 1.00 bits per heavy atom. The van der Waals surface area contributed by atoms with Gasteiger partial charge in [0.05, 0.1) is 0 Å². The van der Waals surface area contributed by atoms with Crippen LogP contribution in [-0.2, 0) is 0 Å². The van der Waals surface area contributed by atoms with Gasteiger partial charge in [0, 0.05) is 10.7 Å². The fraction of sp³-hybridized carbons (Fsp3) is 0.235. The highest BCUT2D eigenvalue weighted by Crippen LogP contribution is 2.26. The van der Waals surface area contributed by atoms with E-state index in [4.69, 9.17) is 16.3 Å². The fourth-order valence-electron chi connectivity index (χ4n) is 2.08. The van der Waals surface area contributed by atoms with Gasteiger partial charge in [-0.1, -0.05) is 23.7 Å². The van der Waals surface area contributed by atoms with E-state index < -0.39 is 6.09 Å². The molecule has 1 N–H and O–H groups in total. The van der Waals surface area contributed by atoms with Gasteiger partial charge in [-0.3, -0.25) is 5.32 Å². The van der Waals surface area contributed by atoms with Crippen molar-refractivity contribution in [1.82, 2.24) is 0 Å². The SMILES string of the molecule is Cc1ccc(C)c(NC(=O)Oc2cc(C)c(Cl)c(C)c2)c1. The summed E-state index contributed by atoms with van der Waals surface area (Å²) >= 11 is 6.10. The first-order chi connectivity index (χ1) is 9.86. The molecular formula is C17H18ClNO2. The van der Waals surface area contributed by atoms with Gasteiger partial charge in [0.15, 0.2) is 0 Å². The van der Waals surface area contributed by atoms with Crippen LogP contribution in [0, 0.1) is 27.7 Å². The van der Waals surface area contributed by atoms with E-state index >= 15 is 0 Å². The largest absolute Gasteiger partial charge is 0.417 e. The molecule has 0 aromatic heterocycles. The molecule has 0 unspecified atom stereocenters. The van der Waals surface area contributed by atoms with E-state index in [-0.39, 0.29) is 0 Å². The summed E-state index contributed by atoms with van der Waals surface area (Å²) in [7, 11) is 0. The minimum Gasteiger partial charge on any atom is -0.410 e. The molecule has 0 bridgehead atoms. The average Bonchev–Trinajstić information content (AvgIpc) is 2.40. The third-order valence-electron chi connectivity index (χ3n) is 3.25. The summed E-state index contributed by atoms with van der Waals surface area (Å²) in [5, 5.41) is 3.45. The first kappa shape index (κ1) is 15.4. The highest BCUT2D eigenvalue weighted by atomic mass is 35.5. The van der Waals surface area contributed by atoms with Gasteiger partial charge in [0.2, 0.25) is 0 Å². The maximum atomic E-state index is 12.0. The zero-order valence-corrected chi connectivity index (χ0v) is 13.3. The van der Waals surface area contributed by atoms with E-state index in [1.165, 1.54) is 0 Å². The van der Waals surface area contributed by atoms with Gasteiger partial charge in [-0.25, -0.2) is 4.79 Å². The summed E-state index contributed by atoms with van der Waals surface area (Å²) in [6, 6.07) is 9.37. The second kappa shape index (κ2) is 6.19. The fourth-order valence-corrected chi connectivity index (χ4v) is 2.19. The van der Waals surface area contributed by atoms with Crippen LogP contribution in [0.25, 0.3) is 0 Å². The normalized spacial score (nSPS) is 10.3. The Balaban J connectivity index is 2.13. The molecule has 0 fully saturated rings. The quantitative estimate of drug-likeness (QED) is 0.829. The predicted octanol–water partition coefficient (Wildman–Crippen LogP) is 5.18. The summed E-state index contributed by atoms with van der Waals surface area (Å²) < 4.78 is 5.32. The number of benzene rings is 2. The van der Waals surface area contributed by atoms with Crippen LogP contribution in [0.15, 0.2) is 30.3 Å². The smallest absolute Gasteiger partial charge is 0.410 e. The Morgan fingerprint density at radius 3 is 2.24 bits per heavy atom. The molecule has 4 heteroatoms. The lowest BCUT2D eigenvalue weighted by molar-refractivity contribution is 0.215. The molecule has 0 saturated heterocycles. The molecule has 0 aliphatic rings.